The zero-order valence-electron chi connectivity index (χ0n) is 3.95. The third kappa shape index (κ3) is 3.96. The van der Waals surface area contributed by atoms with E-state index in [0.717, 1.165) is 0 Å². The molecule has 0 N–H and O–H groups in total. The minimum Gasteiger partial charge on any atom is -0.483 e. The fourth-order valence-corrected chi connectivity index (χ4v) is 0.341. The number of halogens is 2. The van der Waals surface area contributed by atoms with Gasteiger partial charge in [-0.2, -0.15) is 0 Å². The molecule has 0 aromatic carbocycles. The van der Waals surface area contributed by atoms with E-state index in [2.05, 4.69) is 4.74 Å². The lowest BCUT2D eigenvalue weighted by molar-refractivity contribution is 0.256. The van der Waals surface area contributed by atoms with Gasteiger partial charge in [0.1, 0.15) is 0 Å². The molecule has 0 aromatic rings. The van der Waals surface area contributed by atoms with Crippen LogP contribution in [0.2, 0.25) is 0 Å². The molecule has 0 heterocycles. The number of ether oxygens (including phenoxy) is 1. The summed E-state index contributed by atoms with van der Waals surface area (Å²) in [6, 6.07) is 0. The molecule has 0 aliphatic carbocycles. The quantitative estimate of drug-likeness (QED) is 0.536. The van der Waals surface area contributed by atoms with Crippen molar-refractivity contribution in [1.29, 1.82) is 0 Å². The van der Waals surface area contributed by atoms with Crippen LogP contribution < -0.4 is 0 Å². The SMILES string of the molecule is CCOC(Cl)=CCl. The molecule has 0 bridgehead atoms. The zero-order chi connectivity index (χ0) is 5.70. The molecular formula is C4H6Cl2O. The van der Waals surface area contributed by atoms with E-state index in [1.54, 1.807) is 0 Å². The van der Waals surface area contributed by atoms with Crippen LogP contribution in [0.15, 0.2) is 10.8 Å². The predicted octanol–water partition coefficient (Wildman–Crippen LogP) is 2.30. The van der Waals surface area contributed by atoms with Crippen LogP contribution in [-0.2, 0) is 4.74 Å². The van der Waals surface area contributed by atoms with Crippen LogP contribution in [0.4, 0.5) is 0 Å². The van der Waals surface area contributed by atoms with Gasteiger partial charge in [0.25, 0.3) is 0 Å². The standard InChI is InChI=1S/C4H6Cl2O/c1-2-7-4(6)3-5/h3H,2H2,1H3. The second kappa shape index (κ2) is 4.28. The highest BCUT2D eigenvalue weighted by atomic mass is 35.5. The van der Waals surface area contributed by atoms with Crippen molar-refractivity contribution < 1.29 is 4.74 Å². The van der Waals surface area contributed by atoms with Gasteiger partial charge in [0.2, 0.25) is 0 Å². The van der Waals surface area contributed by atoms with Crippen molar-refractivity contribution in [2.75, 3.05) is 6.61 Å². The number of rotatable bonds is 2. The van der Waals surface area contributed by atoms with Crippen molar-refractivity contribution in [2.45, 2.75) is 6.92 Å². The maximum absolute atomic E-state index is 5.27. The maximum Gasteiger partial charge on any atom is 0.198 e. The van der Waals surface area contributed by atoms with Gasteiger partial charge in [-0.1, -0.05) is 11.6 Å². The third-order valence-corrected chi connectivity index (χ3v) is 0.896. The summed E-state index contributed by atoms with van der Waals surface area (Å²) in [4.78, 5) is 0. The zero-order valence-corrected chi connectivity index (χ0v) is 5.46. The molecule has 0 fully saturated rings. The average Bonchev–Trinajstić information content (AvgIpc) is 1.68. The van der Waals surface area contributed by atoms with Crippen LogP contribution >= 0.6 is 23.2 Å². The smallest absolute Gasteiger partial charge is 0.198 e. The Kier molecular flexibility index (Phi) is 4.36. The molecule has 0 aliphatic heterocycles. The number of hydrogen-bond donors (Lipinski definition) is 0. The molecule has 7 heavy (non-hydrogen) atoms. The molecule has 0 saturated carbocycles. The Hall–Kier alpha value is 0.120. The first-order chi connectivity index (χ1) is 3.31. The Labute approximate surface area is 52.9 Å². The molecular weight excluding hydrogens is 135 g/mol. The van der Waals surface area contributed by atoms with E-state index < -0.39 is 0 Å². The highest BCUT2D eigenvalue weighted by Gasteiger charge is 1.82. The normalized spacial score (nSPS) is 11.6. The summed E-state index contributed by atoms with van der Waals surface area (Å²) < 4.78 is 4.69. The molecule has 42 valence electrons. The first-order valence-electron chi connectivity index (χ1n) is 1.90. The predicted molar refractivity (Wildman–Crippen MR) is 31.4 cm³/mol. The lowest BCUT2D eigenvalue weighted by Gasteiger charge is -1.94. The van der Waals surface area contributed by atoms with Gasteiger partial charge in [-0.25, -0.2) is 0 Å². The molecule has 0 radical (unpaired) electrons. The van der Waals surface area contributed by atoms with E-state index in [4.69, 9.17) is 23.2 Å². The second-order valence-corrected chi connectivity index (χ2v) is 1.44. The summed E-state index contributed by atoms with van der Waals surface area (Å²) in [7, 11) is 0. The maximum atomic E-state index is 5.27. The summed E-state index contributed by atoms with van der Waals surface area (Å²) in [5.41, 5.74) is 1.19. The fraction of sp³-hybridized carbons (Fsp3) is 0.500. The highest BCUT2D eigenvalue weighted by molar-refractivity contribution is 6.35. The van der Waals surface area contributed by atoms with E-state index in [1.807, 2.05) is 6.92 Å². The molecule has 0 atom stereocenters. The van der Waals surface area contributed by atoms with Crippen molar-refractivity contribution >= 4 is 23.2 Å². The van der Waals surface area contributed by atoms with Gasteiger partial charge >= 0.3 is 0 Å². The summed E-state index contributed by atoms with van der Waals surface area (Å²) in [6.45, 7) is 2.39. The van der Waals surface area contributed by atoms with E-state index in [1.165, 1.54) is 5.54 Å². The Balaban J connectivity index is 3.17. The van der Waals surface area contributed by atoms with Crippen molar-refractivity contribution in [2.24, 2.45) is 0 Å². The average molecular weight is 141 g/mol. The Morgan fingerprint density at radius 2 is 2.43 bits per heavy atom. The Morgan fingerprint density at radius 3 is 2.57 bits per heavy atom. The van der Waals surface area contributed by atoms with Gasteiger partial charge in [0.05, 0.1) is 12.1 Å². The van der Waals surface area contributed by atoms with E-state index in [9.17, 15) is 0 Å². The van der Waals surface area contributed by atoms with Gasteiger partial charge in [-0.15, -0.1) is 0 Å². The van der Waals surface area contributed by atoms with Crippen LogP contribution in [0.5, 0.6) is 0 Å². The monoisotopic (exact) mass is 140 g/mol. The molecule has 0 saturated heterocycles. The van der Waals surface area contributed by atoms with Crippen molar-refractivity contribution in [1.82, 2.24) is 0 Å². The Morgan fingerprint density at radius 1 is 1.86 bits per heavy atom. The summed E-state index contributed by atoms with van der Waals surface area (Å²) in [5, 5.41) is 0.240. The largest absolute Gasteiger partial charge is 0.483 e. The van der Waals surface area contributed by atoms with Crippen LogP contribution in [0.25, 0.3) is 0 Å². The van der Waals surface area contributed by atoms with Gasteiger partial charge in [-0.3, -0.25) is 0 Å². The van der Waals surface area contributed by atoms with Crippen LogP contribution in [0, 0.1) is 0 Å². The number of hydrogen-bond acceptors (Lipinski definition) is 1. The minimum absolute atomic E-state index is 0.240. The fourth-order valence-electron chi connectivity index (χ4n) is 0.169. The first-order valence-corrected chi connectivity index (χ1v) is 2.71. The molecule has 0 amide bonds. The lowest BCUT2D eigenvalue weighted by Crippen LogP contribution is -1.80. The molecule has 3 heteroatoms. The van der Waals surface area contributed by atoms with Crippen LogP contribution in [0.3, 0.4) is 0 Å². The summed E-state index contributed by atoms with van der Waals surface area (Å²) >= 11 is 10.4. The highest BCUT2D eigenvalue weighted by Crippen LogP contribution is 2.02. The first kappa shape index (κ1) is 7.12. The molecule has 0 unspecified atom stereocenters. The second-order valence-electron chi connectivity index (χ2n) is 0.846. The lowest BCUT2D eigenvalue weighted by atomic mass is 10.9. The third-order valence-electron chi connectivity index (χ3n) is 0.368. The van der Waals surface area contributed by atoms with Gasteiger partial charge in [0.15, 0.2) is 5.22 Å². The van der Waals surface area contributed by atoms with Crippen molar-refractivity contribution in [3.63, 3.8) is 0 Å². The molecule has 0 rings (SSSR count). The van der Waals surface area contributed by atoms with Crippen LogP contribution in [0.1, 0.15) is 6.92 Å². The molecule has 0 spiro atoms. The van der Waals surface area contributed by atoms with Gasteiger partial charge in [0, 0.05) is 0 Å². The van der Waals surface area contributed by atoms with Crippen LogP contribution in [-0.4, -0.2) is 6.61 Å². The summed E-state index contributed by atoms with van der Waals surface area (Å²) in [5.74, 6) is 0. The minimum atomic E-state index is 0.240. The van der Waals surface area contributed by atoms with E-state index in [-0.39, 0.29) is 5.22 Å². The van der Waals surface area contributed by atoms with Crippen molar-refractivity contribution in [3.05, 3.63) is 10.8 Å². The topological polar surface area (TPSA) is 9.23 Å². The Bertz CT molecular complexity index is 70.1. The molecule has 0 aromatic heterocycles. The van der Waals surface area contributed by atoms with E-state index in [0.29, 0.717) is 6.61 Å². The van der Waals surface area contributed by atoms with Crippen molar-refractivity contribution in [3.8, 4) is 0 Å². The molecule has 0 aliphatic rings. The molecule has 1 nitrogen and oxygen atoms in total. The van der Waals surface area contributed by atoms with E-state index >= 15 is 0 Å². The van der Waals surface area contributed by atoms with Gasteiger partial charge < -0.3 is 4.74 Å². The summed E-state index contributed by atoms with van der Waals surface area (Å²) in [6.07, 6.45) is 0. The van der Waals surface area contributed by atoms with Gasteiger partial charge in [-0.05, 0) is 18.5 Å².